The smallest absolute Gasteiger partial charge is 0.266 e. The van der Waals surface area contributed by atoms with Gasteiger partial charge in [0.25, 0.3) is 5.91 Å². The van der Waals surface area contributed by atoms with Gasteiger partial charge in [0.2, 0.25) is 5.91 Å². The van der Waals surface area contributed by atoms with Gasteiger partial charge in [-0.15, -0.1) is 0 Å². The molecule has 2 atom stereocenters. The van der Waals surface area contributed by atoms with Gasteiger partial charge >= 0.3 is 0 Å². The van der Waals surface area contributed by atoms with Gasteiger partial charge in [-0.1, -0.05) is 36.4 Å². The summed E-state index contributed by atoms with van der Waals surface area (Å²) < 4.78 is 11.6. The highest BCUT2D eigenvalue weighted by molar-refractivity contribution is 6.28. The molecule has 5 rings (SSSR count). The molecule has 0 N–H and O–H groups in total. The van der Waals surface area contributed by atoms with Crippen LogP contribution in [0.3, 0.4) is 0 Å². The van der Waals surface area contributed by atoms with Crippen molar-refractivity contribution in [3.63, 3.8) is 0 Å². The number of pyridine rings is 1. The zero-order valence-corrected chi connectivity index (χ0v) is 16.5. The summed E-state index contributed by atoms with van der Waals surface area (Å²) in [5.41, 5.74) is 1.11. The molecule has 7 nitrogen and oxygen atoms in total. The van der Waals surface area contributed by atoms with Crippen molar-refractivity contribution in [2.75, 3.05) is 18.1 Å². The minimum Gasteiger partial charge on any atom is -0.486 e. The Balaban J connectivity index is 1.39. The maximum atomic E-state index is 13.3. The fourth-order valence-electron chi connectivity index (χ4n) is 3.74. The Hall–Kier alpha value is -4.00. The molecule has 7 heteroatoms. The predicted octanol–water partition coefficient (Wildman–Crippen LogP) is 3.26. The van der Waals surface area contributed by atoms with E-state index in [9.17, 15) is 9.59 Å². The van der Waals surface area contributed by atoms with E-state index in [1.807, 2.05) is 30.3 Å². The molecule has 2 aliphatic heterocycles. The number of nitrogens with zero attached hydrogens (tertiary/aromatic N) is 3. The second-order valence-corrected chi connectivity index (χ2v) is 7.24. The van der Waals surface area contributed by atoms with Crippen LogP contribution in [-0.2, 0) is 4.79 Å². The Kier molecular flexibility index (Phi) is 4.92. The van der Waals surface area contributed by atoms with Gasteiger partial charge in [0.05, 0.1) is 12.5 Å². The first-order valence-electron chi connectivity index (χ1n) is 9.99. The van der Waals surface area contributed by atoms with Crippen LogP contribution in [-0.4, -0.2) is 42.3 Å². The molecule has 1 aromatic heterocycles. The molecule has 0 fully saturated rings. The predicted molar refractivity (Wildman–Crippen MR) is 115 cm³/mol. The van der Waals surface area contributed by atoms with E-state index in [-0.39, 0.29) is 17.9 Å². The highest BCUT2D eigenvalue weighted by Gasteiger charge is 2.39. The van der Waals surface area contributed by atoms with Gasteiger partial charge in [-0.05, 0) is 35.9 Å². The van der Waals surface area contributed by atoms with Crippen LogP contribution < -0.4 is 14.4 Å². The van der Waals surface area contributed by atoms with Crippen molar-refractivity contribution in [3.05, 3.63) is 84.1 Å². The van der Waals surface area contributed by atoms with E-state index in [0.717, 1.165) is 4.90 Å². The average Bonchev–Trinajstić information content (AvgIpc) is 2.82. The molecule has 3 aromatic rings. The molecule has 2 aliphatic rings. The number of ether oxygens (including phenoxy) is 2. The van der Waals surface area contributed by atoms with Crippen molar-refractivity contribution >= 4 is 23.8 Å². The molecule has 2 aromatic carbocycles. The second-order valence-electron chi connectivity index (χ2n) is 7.24. The summed E-state index contributed by atoms with van der Waals surface area (Å²) in [4.78, 5) is 36.1. The molecule has 0 saturated carbocycles. The average molecular weight is 413 g/mol. The number of aliphatic imine (C=N–C) groups is 1. The number of anilines is 1. The molecule has 0 aliphatic carbocycles. The molecule has 154 valence electrons. The van der Waals surface area contributed by atoms with Crippen molar-refractivity contribution in [2.24, 2.45) is 4.99 Å². The molecule has 0 spiro atoms. The molecule has 2 amide bonds. The van der Waals surface area contributed by atoms with Gasteiger partial charge in [0.15, 0.2) is 17.6 Å². The van der Waals surface area contributed by atoms with Crippen molar-refractivity contribution in [1.29, 1.82) is 0 Å². The van der Waals surface area contributed by atoms with Crippen molar-refractivity contribution in [1.82, 2.24) is 4.98 Å². The van der Waals surface area contributed by atoms with Crippen LogP contribution >= 0.6 is 0 Å². The first-order valence-corrected chi connectivity index (χ1v) is 9.99. The number of para-hydroxylation sites is 2. The third-order valence-electron chi connectivity index (χ3n) is 5.23. The summed E-state index contributed by atoms with van der Waals surface area (Å²) in [6.45, 7) is 0.708. The number of carbonyl (C=O) groups excluding carboxylic acids is 2. The van der Waals surface area contributed by atoms with Gasteiger partial charge in [0, 0.05) is 18.0 Å². The SMILES string of the molecule is O=C1c2ccccc2[C@@H](C=NC[C@H]2COc3ccccc3O2)C(=O)N1c1ccccn1. The van der Waals surface area contributed by atoms with Gasteiger partial charge in [0.1, 0.15) is 12.4 Å². The van der Waals surface area contributed by atoms with Crippen LogP contribution in [0.15, 0.2) is 77.9 Å². The number of imide groups is 1. The summed E-state index contributed by atoms with van der Waals surface area (Å²) >= 11 is 0. The standard InChI is InChI=1S/C24H19N3O4/c28-23-18-8-2-1-7-17(18)19(24(29)27(23)22-11-5-6-12-26-22)14-25-13-16-15-30-20-9-3-4-10-21(20)31-16/h1-12,14,16,19H,13,15H2/t16-,19+/m0/s1. The maximum absolute atomic E-state index is 13.3. The van der Waals surface area contributed by atoms with E-state index in [1.54, 1.807) is 48.8 Å². The molecule has 0 radical (unpaired) electrons. The van der Waals surface area contributed by atoms with Crippen molar-refractivity contribution < 1.29 is 19.1 Å². The van der Waals surface area contributed by atoms with Crippen LogP contribution in [0.2, 0.25) is 0 Å². The van der Waals surface area contributed by atoms with E-state index in [1.165, 1.54) is 0 Å². The molecule has 0 bridgehead atoms. The molecule has 0 saturated heterocycles. The van der Waals surface area contributed by atoms with Crippen LogP contribution in [0.25, 0.3) is 0 Å². The first-order chi connectivity index (χ1) is 15.2. The summed E-state index contributed by atoms with van der Waals surface area (Å²) in [6, 6.07) is 19.7. The summed E-state index contributed by atoms with van der Waals surface area (Å²) in [5.74, 6) is 0.240. The van der Waals surface area contributed by atoms with Crippen molar-refractivity contribution in [2.45, 2.75) is 12.0 Å². The fraction of sp³-hybridized carbons (Fsp3) is 0.167. The summed E-state index contributed by atoms with van der Waals surface area (Å²) in [6.07, 6.45) is 2.89. The van der Waals surface area contributed by atoms with Crippen molar-refractivity contribution in [3.8, 4) is 11.5 Å². The van der Waals surface area contributed by atoms with E-state index < -0.39 is 5.92 Å². The number of rotatable bonds is 4. The lowest BCUT2D eigenvalue weighted by molar-refractivity contribution is -0.118. The number of hydrogen-bond donors (Lipinski definition) is 0. The molecule has 31 heavy (non-hydrogen) atoms. The Bertz CT molecular complexity index is 1160. The first kappa shape index (κ1) is 19.0. The number of fused-ring (bicyclic) bond motifs is 2. The van der Waals surface area contributed by atoms with Crippen LogP contribution in [0.4, 0.5) is 5.82 Å². The highest BCUT2D eigenvalue weighted by Crippen LogP contribution is 2.32. The van der Waals surface area contributed by atoms with Crippen LogP contribution in [0.1, 0.15) is 21.8 Å². The molecule has 3 heterocycles. The maximum Gasteiger partial charge on any atom is 0.266 e. The number of hydrogen-bond acceptors (Lipinski definition) is 6. The lowest BCUT2D eigenvalue weighted by Gasteiger charge is -2.30. The van der Waals surface area contributed by atoms with Gasteiger partial charge < -0.3 is 9.47 Å². The zero-order valence-electron chi connectivity index (χ0n) is 16.5. The lowest BCUT2D eigenvalue weighted by atomic mass is 9.89. The van der Waals surface area contributed by atoms with E-state index >= 15 is 0 Å². The number of amides is 2. The largest absolute Gasteiger partial charge is 0.486 e. The minimum atomic E-state index is -0.687. The molecular formula is C24H19N3O4. The second kappa shape index (κ2) is 8.02. The normalized spacial score (nSPS) is 20.1. The van der Waals surface area contributed by atoms with E-state index in [4.69, 9.17) is 9.47 Å². The fourth-order valence-corrected chi connectivity index (χ4v) is 3.74. The van der Waals surface area contributed by atoms with Gasteiger partial charge in [-0.3, -0.25) is 14.6 Å². The third kappa shape index (κ3) is 3.54. The third-order valence-corrected chi connectivity index (χ3v) is 5.23. The lowest BCUT2D eigenvalue weighted by Crippen LogP contribution is -2.46. The van der Waals surface area contributed by atoms with E-state index in [2.05, 4.69) is 9.98 Å². The highest BCUT2D eigenvalue weighted by atomic mass is 16.6. The van der Waals surface area contributed by atoms with Crippen LogP contribution in [0, 0.1) is 0 Å². The number of aromatic nitrogens is 1. The minimum absolute atomic E-state index is 0.256. The van der Waals surface area contributed by atoms with Gasteiger partial charge in [-0.25, -0.2) is 9.88 Å². The number of benzene rings is 2. The molecular weight excluding hydrogens is 394 g/mol. The Morgan fingerprint density at radius 3 is 2.61 bits per heavy atom. The zero-order chi connectivity index (χ0) is 21.2. The van der Waals surface area contributed by atoms with E-state index in [0.29, 0.717) is 41.6 Å². The monoisotopic (exact) mass is 413 g/mol. The number of carbonyl (C=O) groups is 2. The Morgan fingerprint density at radius 2 is 1.77 bits per heavy atom. The topological polar surface area (TPSA) is 81.1 Å². The summed E-state index contributed by atoms with van der Waals surface area (Å²) in [7, 11) is 0. The molecule has 0 unspecified atom stereocenters. The summed E-state index contributed by atoms with van der Waals surface area (Å²) in [5, 5.41) is 0. The van der Waals surface area contributed by atoms with Gasteiger partial charge in [-0.2, -0.15) is 0 Å². The van der Waals surface area contributed by atoms with Crippen LogP contribution in [0.5, 0.6) is 11.5 Å². The quantitative estimate of drug-likeness (QED) is 0.484. The Labute approximate surface area is 179 Å². The Morgan fingerprint density at radius 1 is 1.00 bits per heavy atom.